The Morgan fingerprint density at radius 2 is 1.68 bits per heavy atom. The van der Waals surface area contributed by atoms with E-state index in [0.29, 0.717) is 17.9 Å². The fourth-order valence-electron chi connectivity index (χ4n) is 1.97. The predicted octanol–water partition coefficient (Wildman–Crippen LogP) is 3.32. The Morgan fingerprint density at radius 3 is 2.36 bits per heavy atom. The van der Waals surface area contributed by atoms with E-state index < -0.39 is 5.97 Å². The summed E-state index contributed by atoms with van der Waals surface area (Å²) in [6.45, 7) is 2.38. The number of ether oxygens (including phenoxy) is 2. The van der Waals surface area contributed by atoms with E-state index in [4.69, 9.17) is 4.74 Å². The van der Waals surface area contributed by atoms with Gasteiger partial charge in [0.25, 0.3) is 0 Å². The molecule has 0 aliphatic carbocycles. The lowest BCUT2D eigenvalue weighted by atomic mass is 10.1. The monoisotopic (exact) mass is 298 g/mol. The summed E-state index contributed by atoms with van der Waals surface area (Å²) < 4.78 is 10.2. The molecule has 0 unspecified atom stereocenters. The van der Waals surface area contributed by atoms with Crippen molar-refractivity contribution in [2.45, 2.75) is 20.0 Å². The maximum atomic E-state index is 12.1. The first-order valence-electron chi connectivity index (χ1n) is 6.97. The minimum absolute atomic E-state index is 0.290. The van der Waals surface area contributed by atoms with Crippen LogP contribution in [0.2, 0.25) is 0 Å². The Hall–Kier alpha value is -2.62. The van der Waals surface area contributed by atoms with Crippen molar-refractivity contribution in [3.8, 4) is 5.75 Å². The van der Waals surface area contributed by atoms with Gasteiger partial charge in [0.2, 0.25) is 0 Å². The molecule has 4 nitrogen and oxygen atoms in total. The highest BCUT2D eigenvalue weighted by Gasteiger charge is 2.16. The van der Waals surface area contributed by atoms with E-state index in [9.17, 15) is 9.59 Å². The number of benzene rings is 2. The third kappa shape index (κ3) is 4.19. The van der Waals surface area contributed by atoms with Crippen LogP contribution in [0, 0.1) is 6.92 Å². The summed E-state index contributed by atoms with van der Waals surface area (Å²) in [7, 11) is 1.26. The van der Waals surface area contributed by atoms with Crippen molar-refractivity contribution in [1.29, 1.82) is 0 Å². The fourth-order valence-corrected chi connectivity index (χ4v) is 1.97. The number of Topliss-reactive ketones (excluding diaryl/α,β-unsaturated/α-hetero) is 1. The first-order valence-corrected chi connectivity index (χ1v) is 6.97. The Kier molecular flexibility index (Phi) is 5.31. The van der Waals surface area contributed by atoms with Gasteiger partial charge in [0.15, 0.2) is 5.78 Å². The number of ketones is 1. The smallest absolute Gasteiger partial charge is 0.313 e. The molecule has 0 amide bonds. The summed E-state index contributed by atoms with van der Waals surface area (Å²) in [5.41, 5.74) is 2.58. The fraction of sp³-hybridized carbons (Fsp3) is 0.222. The average Bonchev–Trinajstić information content (AvgIpc) is 2.54. The molecule has 0 N–H and O–H groups in total. The number of aryl methyl sites for hydroxylation is 1. The van der Waals surface area contributed by atoms with Gasteiger partial charge in [0.1, 0.15) is 18.8 Å². The molecule has 4 heteroatoms. The lowest BCUT2D eigenvalue weighted by molar-refractivity contribution is -0.139. The third-order valence-corrected chi connectivity index (χ3v) is 3.23. The van der Waals surface area contributed by atoms with Crippen LogP contribution < -0.4 is 4.74 Å². The molecule has 0 spiro atoms. The molecule has 0 saturated heterocycles. The lowest BCUT2D eigenvalue weighted by Crippen LogP contribution is -2.11. The molecule has 0 fully saturated rings. The maximum absolute atomic E-state index is 12.1. The van der Waals surface area contributed by atoms with E-state index in [0.717, 1.165) is 5.56 Å². The van der Waals surface area contributed by atoms with E-state index in [1.807, 2.05) is 31.2 Å². The van der Waals surface area contributed by atoms with Crippen LogP contribution in [-0.4, -0.2) is 18.9 Å². The average molecular weight is 298 g/mol. The molecule has 0 aliphatic rings. The molecule has 0 bridgehead atoms. The Bertz CT molecular complexity index is 659. The highest BCUT2D eigenvalue weighted by molar-refractivity contribution is 6.07. The molecule has 0 aliphatic heterocycles. The highest BCUT2D eigenvalue weighted by Crippen LogP contribution is 2.21. The summed E-state index contributed by atoms with van der Waals surface area (Å²) in [4.78, 5) is 23.3. The first-order chi connectivity index (χ1) is 10.6. The number of hydrogen-bond acceptors (Lipinski definition) is 4. The zero-order valence-corrected chi connectivity index (χ0v) is 12.7. The number of esters is 1. The number of hydrogen-bond donors (Lipinski definition) is 0. The van der Waals surface area contributed by atoms with Gasteiger partial charge in [0.05, 0.1) is 12.7 Å². The van der Waals surface area contributed by atoms with Gasteiger partial charge in [-0.1, -0.05) is 42.0 Å². The number of rotatable bonds is 6. The van der Waals surface area contributed by atoms with Crippen molar-refractivity contribution in [2.75, 3.05) is 7.11 Å². The van der Waals surface area contributed by atoms with Crippen molar-refractivity contribution in [3.63, 3.8) is 0 Å². The molecule has 0 atom stereocenters. The van der Waals surface area contributed by atoms with Crippen LogP contribution in [0.25, 0.3) is 0 Å². The van der Waals surface area contributed by atoms with Gasteiger partial charge in [-0.05, 0) is 24.6 Å². The Labute approximate surface area is 129 Å². The van der Waals surface area contributed by atoms with Crippen molar-refractivity contribution >= 4 is 11.8 Å². The van der Waals surface area contributed by atoms with Crippen molar-refractivity contribution < 1.29 is 19.1 Å². The van der Waals surface area contributed by atoms with Crippen LogP contribution in [-0.2, 0) is 16.1 Å². The molecule has 22 heavy (non-hydrogen) atoms. The molecule has 0 heterocycles. The van der Waals surface area contributed by atoms with Crippen LogP contribution in [0.4, 0.5) is 0 Å². The molecular weight excluding hydrogens is 280 g/mol. The van der Waals surface area contributed by atoms with Gasteiger partial charge in [0, 0.05) is 0 Å². The Balaban J connectivity index is 2.09. The molecule has 2 aromatic carbocycles. The number of methoxy groups -OCH3 is 1. The zero-order chi connectivity index (χ0) is 15.9. The minimum Gasteiger partial charge on any atom is -0.488 e. The van der Waals surface area contributed by atoms with E-state index in [1.165, 1.54) is 12.7 Å². The lowest BCUT2D eigenvalue weighted by Gasteiger charge is -2.10. The number of carbonyl (C=O) groups is 2. The van der Waals surface area contributed by atoms with Crippen molar-refractivity contribution in [1.82, 2.24) is 0 Å². The zero-order valence-electron chi connectivity index (χ0n) is 12.7. The molecular formula is C18H18O4. The molecule has 2 aromatic rings. The van der Waals surface area contributed by atoms with Gasteiger partial charge >= 0.3 is 5.97 Å². The summed E-state index contributed by atoms with van der Waals surface area (Å²) in [6.07, 6.45) is -0.290. The number of carbonyl (C=O) groups excluding carboxylic acids is 2. The largest absolute Gasteiger partial charge is 0.488 e. The summed E-state index contributed by atoms with van der Waals surface area (Å²) in [5.74, 6) is -0.401. The van der Waals surface area contributed by atoms with Crippen LogP contribution >= 0.6 is 0 Å². The van der Waals surface area contributed by atoms with Crippen LogP contribution in [0.5, 0.6) is 5.75 Å². The standard InChI is InChI=1S/C18H18O4/c1-13-7-9-14(10-8-13)12-22-17-6-4-3-5-15(17)16(19)11-18(20)21-2/h3-10H,11-12H2,1-2H3. The quantitative estimate of drug-likeness (QED) is 0.466. The summed E-state index contributed by atoms with van der Waals surface area (Å²) in [6, 6.07) is 14.9. The molecule has 114 valence electrons. The van der Waals surface area contributed by atoms with E-state index >= 15 is 0 Å². The van der Waals surface area contributed by atoms with Gasteiger partial charge in [-0.25, -0.2) is 0 Å². The van der Waals surface area contributed by atoms with E-state index in [1.54, 1.807) is 24.3 Å². The second kappa shape index (κ2) is 7.41. The van der Waals surface area contributed by atoms with Gasteiger partial charge < -0.3 is 9.47 Å². The summed E-state index contributed by atoms with van der Waals surface area (Å²) >= 11 is 0. The normalized spacial score (nSPS) is 10.1. The molecule has 2 rings (SSSR count). The van der Waals surface area contributed by atoms with Crippen molar-refractivity contribution in [2.24, 2.45) is 0 Å². The third-order valence-electron chi connectivity index (χ3n) is 3.23. The van der Waals surface area contributed by atoms with Gasteiger partial charge in [-0.2, -0.15) is 0 Å². The maximum Gasteiger partial charge on any atom is 0.313 e. The second-order valence-electron chi connectivity index (χ2n) is 4.95. The molecule has 0 saturated carbocycles. The predicted molar refractivity (Wildman–Crippen MR) is 82.9 cm³/mol. The highest BCUT2D eigenvalue weighted by atomic mass is 16.5. The SMILES string of the molecule is COC(=O)CC(=O)c1ccccc1OCc1ccc(C)cc1. The second-order valence-corrected chi connectivity index (χ2v) is 4.95. The topological polar surface area (TPSA) is 52.6 Å². The Morgan fingerprint density at radius 1 is 1.00 bits per heavy atom. The van der Waals surface area contributed by atoms with Crippen LogP contribution in [0.1, 0.15) is 27.9 Å². The van der Waals surface area contributed by atoms with Crippen LogP contribution in [0.15, 0.2) is 48.5 Å². The first kappa shape index (κ1) is 15.8. The minimum atomic E-state index is -0.557. The van der Waals surface area contributed by atoms with Gasteiger partial charge in [-0.3, -0.25) is 9.59 Å². The van der Waals surface area contributed by atoms with Gasteiger partial charge in [-0.15, -0.1) is 0 Å². The molecule has 0 aromatic heterocycles. The van der Waals surface area contributed by atoms with Crippen LogP contribution in [0.3, 0.4) is 0 Å². The van der Waals surface area contributed by atoms with E-state index in [2.05, 4.69) is 4.74 Å². The van der Waals surface area contributed by atoms with E-state index in [-0.39, 0.29) is 12.2 Å². The number of para-hydroxylation sites is 1. The summed E-state index contributed by atoms with van der Waals surface area (Å²) in [5, 5.41) is 0. The molecule has 0 radical (unpaired) electrons. The van der Waals surface area contributed by atoms with Crippen molar-refractivity contribution in [3.05, 3.63) is 65.2 Å².